The van der Waals surface area contributed by atoms with E-state index in [0.717, 1.165) is 79.0 Å². The highest BCUT2D eigenvalue weighted by Crippen LogP contribution is 2.37. The molecule has 62 heavy (non-hydrogen) atoms. The summed E-state index contributed by atoms with van der Waals surface area (Å²) in [6, 6.07) is 70.7. The van der Waals surface area contributed by atoms with Gasteiger partial charge in [-0.2, -0.15) is 5.26 Å². The van der Waals surface area contributed by atoms with Crippen LogP contribution < -0.4 is 19.3 Å². The quantitative estimate of drug-likeness (QED) is 0.103. The maximum absolute atomic E-state index is 10.0. The van der Waals surface area contributed by atoms with Crippen molar-refractivity contribution in [3.05, 3.63) is 239 Å². The summed E-state index contributed by atoms with van der Waals surface area (Å²) in [7, 11) is 3.36. The van der Waals surface area contributed by atoms with E-state index in [1.54, 1.807) is 14.2 Å². The third-order valence-corrected chi connectivity index (χ3v) is 10.5. The smallest absolute Gasteiger partial charge is 0.119 e. The molecule has 0 saturated heterocycles. The fraction of sp³-hybridized carbons (Fsp3) is 0.0351. The number of benzene rings is 8. The topological polar surface area (TPSA) is 48.7 Å². The Morgan fingerprint density at radius 3 is 1.03 bits per heavy atom. The number of methoxy groups -OCH3 is 2. The van der Waals surface area contributed by atoms with Gasteiger partial charge in [0.2, 0.25) is 0 Å². The summed E-state index contributed by atoms with van der Waals surface area (Å²) in [6.07, 6.45) is 12.4. The number of anilines is 6. The van der Waals surface area contributed by atoms with Crippen LogP contribution >= 0.6 is 0 Å². The summed E-state index contributed by atoms with van der Waals surface area (Å²) in [6.45, 7) is 0. The van der Waals surface area contributed by atoms with Gasteiger partial charge in [-0.1, -0.05) is 134 Å². The Morgan fingerprint density at radius 2 is 0.661 bits per heavy atom. The van der Waals surface area contributed by atoms with E-state index in [-0.39, 0.29) is 0 Å². The van der Waals surface area contributed by atoms with Crippen LogP contribution in [0.25, 0.3) is 36.5 Å². The van der Waals surface area contributed by atoms with E-state index in [1.165, 1.54) is 0 Å². The lowest BCUT2D eigenvalue weighted by Gasteiger charge is -2.25. The van der Waals surface area contributed by atoms with Gasteiger partial charge in [-0.3, -0.25) is 0 Å². The van der Waals surface area contributed by atoms with Crippen LogP contribution in [0.1, 0.15) is 38.9 Å². The maximum Gasteiger partial charge on any atom is 0.119 e. The molecule has 0 fully saturated rings. The van der Waals surface area contributed by atoms with Gasteiger partial charge >= 0.3 is 0 Å². The van der Waals surface area contributed by atoms with Crippen molar-refractivity contribution in [1.29, 1.82) is 5.26 Å². The molecule has 0 spiro atoms. The standard InChI is InChI=1S/C57H45N3O2/c1-61-56-37-33-54(34-38-56)59(50-9-5-3-6-10-50)52-29-23-45(24-30-52)18-15-43-13-16-44(17-14-43)21-27-48-28-22-47(41-49(48)42-58)20-19-46-25-31-53(32-26-46)60(51-11-7-4-8-12-51)55-35-39-57(62-2)40-36-55/h3-41H,1-2H3/b18-15+,20-19+,27-21+. The molecule has 8 rings (SSSR count). The molecule has 0 aliphatic heterocycles. The molecule has 300 valence electrons. The molecule has 0 N–H and O–H groups in total. The van der Waals surface area contributed by atoms with Crippen molar-refractivity contribution in [2.45, 2.75) is 0 Å². The van der Waals surface area contributed by atoms with Gasteiger partial charge in [0.15, 0.2) is 0 Å². The summed E-state index contributed by atoms with van der Waals surface area (Å²) >= 11 is 0. The highest BCUT2D eigenvalue weighted by atomic mass is 16.5. The normalized spacial score (nSPS) is 11.2. The molecular weight excluding hydrogens is 759 g/mol. The number of hydrogen-bond donors (Lipinski definition) is 0. The Morgan fingerprint density at radius 1 is 0.355 bits per heavy atom. The molecule has 0 unspecified atom stereocenters. The lowest BCUT2D eigenvalue weighted by molar-refractivity contribution is 0.414. The molecule has 0 aliphatic carbocycles. The summed E-state index contributed by atoms with van der Waals surface area (Å²) in [5.74, 6) is 1.64. The first kappa shape index (κ1) is 40.4. The van der Waals surface area contributed by atoms with Crippen molar-refractivity contribution in [3.8, 4) is 17.6 Å². The number of nitrogens with zero attached hydrogens (tertiary/aromatic N) is 3. The molecule has 8 aromatic rings. The van der Waals surface area contributed by atoms with Crippen molar-refractivity contribution >= 4 is 70.6 Å². The van der Waals surface area contributed by atoms with Crippen molar-refractivity contribution in [2.24, 2.45) is 0 Å². The van der Waals surface area contributed by atoms with Crippen LogP contribution in [-0.4, -0.2) is 14.2 Å². The first-order valence-electron chi connectivity index (χ1n) is 20.4. The van der Waals surface area contributed by atoms with Crippen molar-refractivity contribution in [2.75, 3.05) is 24.0 Å². The van der Waals surface area contributed by atoms with E-state index >= 15 is 0 Å². The largest absolute Gasteiger partial charge is 0.497 e. The molecular formula is C57H45N3O2. The Hall–Kier alpha value is -8.33. The minimum absolute atomic E-state index is 0.623. The zero-order valence-corrected chi connectivity index (χ0v) is 34.7. The van der Waals surface area contributed by atoms with E-state index < -0.39 is 0 Å². The van der Waals surface area contributed by atoms with E-state index in [9.17, 15) is 5.26 Å². The lowest BCUT2D eigenvalue weighted by Crippen LogP contribution is -2.09. The molecule has 0 saturated carbocycles. The highest BCUT2D eigenvalue weighted by Gasteiger charge is 2.14. The van der Waals surface area contributed by atoms with E-state index in [0.29, 0.717) is 5.56 Å². The van der Waals surface area contributed by atoms with Crippen LogP contribution in [0.5, 0.6) is 11.5 Å². The minimum atomic E-state index is 0.623. The summed E-state index contributed by atoms with van der Waals surface area (Å²) < 4.78 is 10.8. The van der Waals surface area contributed by atoms with Gasteiger partial charge in [-0.25, -0.2) is 0 Å². The van der Waals surface area contributed by atoms with Gasteiger partial charge in [0.25, 0.3) is 0 Å². The number of para-hydroxylation sites is 2. The second-order valence-electron chi connectivity index (χ2n) is 14.5. The molecule has 0 radical (unpaired) electrons. The highest BCUT2D eigenvalue weighted by molar-refractivity contribution is 5.81. The zero-order valence-electron chi connectivity index (χ0n) is 34.7. The van der Waals surface area contributed by atoms with Gasteiger partial charge in [-0.05, 0) is 137 Å². The predicted octanol–water partition coefficient (Wildman–Crippen LogP) is 15.0. The number of hydrogen-bond acceptors (Lipinski definition) is 5. The molecule has 5 nitrogen and oxygen atoms in total. The Balaban J connectivity index is 0.903. The minimum Gasteiger partial charge on any atom is -0.497 e. The Labute approximate surface area is 364 Å². The molecule has 0 amide bonds. The molecule has 0 bridgehead atoms. The SMILES string of the molecule is COc1ccc(N(c2ccccc2)c2ccc(/C=C/c3ccc(/C=C/c4ccc(/C=C/c5ccc(N(c6ccccc6)c6ccc(OC)cc6)cc5)cc4C#N)cc3)cc2)cc1. The van der Waals surface area contributed by atoms with Gasteiger partial charge in [0.05, 0.1) is 25.9 Å². The van der Waals surface area contributed by atoms with Crippen molar-refractivity contribution in [1.82, 2.24) is 0 Å². The molecule has 5 heteroatoms. The number of rotatable bonds is 14. The van der Waals surface area contributed by atoms with Crippen LogP contribution in [0.2, 0.25) is 0 Å². The van der Waals surface area contributed by atoms with E-state index in [1.807, 2.05) is 85.0 Å². The summed E-state index contributed by atoms with van der Waals surface area (Å²) in [4.78, 5) is 4.45. The van der Waals surface area contributed by atoms with Crippen LogP contribution in [0.3, 0.4) is 0 Å². The van der Waals surface area contributed by atoms with Crippen LogP contribution in [0.15, 0.2) is 200 Å². The fourth-order valence-electron chi connectivity index (χ4n) is 7.19. The second kappa shape index (κ2) is 19.6. The van der Waals surface area contributed by atoms with E-state index in [2.05, 4.69) is 168 Å². The van der Waals surface area contributed by atoms with Crippen molar-refractivity contribution in [3.63, 3.8) is 0 Å². The van der Waals surface area contributed by atoms with Gasteiger partial charge < -0.3 is 19.3 Å². The van der Waals surface area contributed by atoms with Gasteiger partial charge in [0.1, 0.15) is 11.5 Å². The average Bonchev–Trinajstić information content (AvgIpc) is 3.34. The van der Waals surface area contributed by atoms with Crippen LogP contribution in [-0.2, 0) is 0 Å². The molecule has 0 atom stereocenters. The molecule has 8 aromatic carbocycles. The molecule has 0 aromatic heterocycles. The van der Waals surface area contributed by atoms with Crippen molar-refractivity contribution < 1.29 is 9.47 Å². The maximum atomic E-state index is 10.0. The first-order valence-corrected chi connectivity index (χ1v) is 20.4. The van der Waals surface area contributed by atoms with E-state index in [4.69, 9.17) is 9.47 Å². The fourth-order valence-corrected chi connectivity index (χ4v) is 7.19. The van der Waals surface area contributed by atoms with Crippen LogP contribution in [0.4, 0.5) is 34.1 Å². The van der Waals surface area contributed by atoms with Gasteiger partial charge in [-0.15, -0.1) is 0 Å². The third-order valence-electron chi connectivity index (χ3n) is 10.5. The van der Waals surface area contributed by atoms with Gasteiger partial charge in [0, 0.05) is 34.1 Å². The predicted molar refractivity (Wildman–Crippen MR) is 260 cm³/mol. The number of nitriles is 1. The zero-order chi connectivity index (χ0) is 42.5. The molecule has 0 aliphatic rings. The monoisotopic (exact) mass is 803 g/mol. The molecule has 0 heterocycles. The number of ether oxygens (including phenoxy) is 2. The first-order chi connectivity index (χ1) is 30.6. The second-order valence-corrected chi connectivity index (χ2v) is 14.5. The summed E-state index contributed by atoms with van der Waals surface area (Å²) in [5.41, 5.74) is 13.2. The Kier molecular flexibility index (Phi) is 12.8. The van der Waals surface area contributed by atoms with Crippen LogP contribution in [0, 0.1) is 11.3 Å². The summed E-state index contributed by atoms with van der Waals surface area (Å²) in [5, 5.41) is 10.0. The average molecular weight is 804 g/mol. The third kappa shape index (κ3) is 9.92. The lowest BCUT2D eigenvalue weighted by atomic mass is 10.0. The Bertz CT molecular complexity index is 2820.